The third kappa shape index (κ3) is 3.85. The molecule has 1 aliphatic heterocycles. The first kappa shape index (κ1) is 15.6. The lowest BCUT2D eigenvalue weighted by Gasteiger charge is -2.25. The average Bonchev–Trinajstić information content (AvgIpc) is 2.93. The van der Waals surface area contributed by atoms with E-state index in [1.165, 1.54) is 0 Å². The average molecular weight is 297 g/mol. The molecule has 0 bridgehead atoms. The topological polar surface area (TPSA) is 28.2 Å². The Morgan fingerprint density at radius 2 is 2.35 bits per heavy atom. The molecule has 1 saturated heterocycles. The number of aromatic nitrogens is 1. The summed E-state index contributed by atoms with van der Waals surface area (Å²) in [4.78, 5) is 6.24. The zero-order valence-electron chi connectivity index (χ0n) is 12.5. The van der Waals surface area contributed by atoms with Crippen LogP contribution in [0.4, 0.5) is 10.2 Å². The van der Waals surface area contributed by atoms with Gasteiger partial charge in [-0.05, 0) is 30.7 Å². The van der Waals surface area contributed by atoms with E-state index < -0.39 is 0 Å². The maximum Gasteiger partial charge on any atom is 0.170 e. The largest absolute Gasteiger partial charge is 0.353 e. The molecule has 112 valence electrons. The SMILES string of the molecule is CC(C)CNCc1ccnc(N(C)C2CCSC2)c1F. The standard InChI is InChI=1S/C15H24FN3S/c1-11(2)8-17-9-12-4-6-18-15(14(12)16)19(3)13-5-7-20-10-13/h4,6,11,13,17H,5,7-10H2,1-3H3. The summed E-state index contributed by atoms with van der Waals surface area (Å²) in [5.41, 5.74) is 0.702. The van der Waals surface area contributed by atoms with E-state index in [-0.39, 0.29) is 5.82 Å². The van der Waals surface area contributed by atoms with E-state index in [1.54, 1.807) is 12.3 Å². The summed E-state index contributed by atoms with van der Waals surface area (Å²) in [5, 5.41) is 3.29. The first-order valence-electron chi connectivity index (χ1n) is 7.24. The number of hydrogen-bond acceptors (Lipinski definition) is 4. The number of pyridine rings is 1. The lowest BCUT2D eigenvalue weighted by atomic mass is 10.2. The molecule has 1 aromatic heterocycles. The Hall–Kier alpha value is -0.810. The molecule has 2 rings (SSSR count). The number of hydrogen-bond donors (Lipinski definition) is 1. The lowest BCUT2D eigenvalue weighted by Crippen LogP contribution is -2.33. The second kappa shape index (κ2) is 7.27. The summed E-state index contributed by atoms with van der Waals surface area (Å²) >= 11 is 1.93. The molecule has 1 N–H and O–H groups in total. The van der Waals surface area contributed by atoms with Crippen molar-refractivity contribution in [3.8, 4) is 0 Å². The quantitative estimate of drug-likeness (QED) is 0.874. The Morgan fingerprint density at radius 3 is 3.00 bits per heavy atom. The van der Waals surface area contributed by atoms with Gasteiger partial charge in [0.15, 0.2) is 11.6 Å². The van der Waals surface area contributed by atoms with Crippen LogP contribution < -0.4 is 10.2 Å². The van der Waals surface area contributed by atoms with Crippen molar-refractivity contribution in [1.82, 2.24) is 10.3 Å². The van der Waals surface area contributed by atoms with Crippen molar-refractivity contribution < 1.29 is 4.39 Å². The fourth-order valence-electron chi connectivity index (χ4n) is 2.35. The van der Waals surface area contributed by atoms with E-state index in [2.05, 4.69) is 24.1 Å². The molecule has 1 aliphatic rings. The highest BCUT2D eigenvalue weighted by molar-refractivity contribution is 7.99. The Bertz CT molecular complexity index is 433. The van der Waals surface area contributed by atoms with Crippen LogP contribution in [0, 0.1) is 11.7 Å². The first-order chi connectivity index (χ1) is 9.59. The van der Waals surface area contributed by atoms with E-state index >= 15 is 0 Å². The molecule has 0 spiro atoms. The van der Waals surface area contributed by atoms with Crippen molar-refractivity contribution >= 4 is 17.6 Å². The summed E-state index contributed by atoms with van der Waals surface area (Å²) in [5.74, 6) is 3.10. The van der Waals surface area contributed by atoms with Crippen molar-refractivity contribution in [3.05, 3.63) is 23.6 Å². The fraction of sp³-hybridized carbons (Fsp3) is 0.667. The van der Waals surface area contributed by atoms with E-state index in [0.29, 0.717) is 29.9 Å². The number of nitrogens with one attached hydrogen (secondary N) is 1. The maximum absolute atomic E-state index is 14.5. The summed E-state index contributed by atoms with van der Waals surface area (Å²) in [7, 11) is 1.95. The van der Waals surface area contributed by atoms with Crippen LogP contribution in [0.25, 0.3) is 0 Å². The van der Waals surface area contributed by atoms with E-state index in [9.17, 15) is 4.39 Å². The van der Waals surface area contributed by atoms with Crippen molar-refractivity contribution in [2.45, 2.75) is 32.9 Å². The molecule has 1 unspecified atom stereocenters. The minimum atomic E-state index is -0.178. The number of nitrogens with zero attached hydrogens (tertiary/aromatic N) is 2. The van der Waals surface area contributed by atoms with Gasteiger partial charge < -0.3 is 10.2 Å². The minimum Gasteiger partial charge on any atom is -0.353 e. The minimum absolute atomic E-state index is 0.178. The summed E-state index contributed by atoms with van der Waals surface area (Å²) in [6, 6.07) is 2.17. The van der Waals surface area contributed by atoms with Crippen LogP contribution in [-0.4, -0.2) is 36.1 Å². The second-order valence-electron chi connectivity index (χ2n) is 5.76. The molecule has 1 atom stereocenters. The maximum atomic E-state index is 14.5. The third-order valence-electron chi connectivity index (χ3n) is 3.61. The van der Waals surface area contributed by atoms with Crippen LogP contribution in [-0.2, 0) is 6.54 Å². The molecule has 20 heavy (non-hydrogen) atoms. The van der Waals surface area contributed by atoms with Gasteiger partial charge in [0.25, 0.3) is 0 Å². The van der Waals surface area contributed by atoms with Crippen molar-refractivity contribution in [2.24, 2.45) is 5.92 Å². The summed E-state index contributed by atoms with van der Waals surface area (Å²) in [6.45, 7) is 5.75. The van der Waals surface area contributed by atoms with Gasteiger partial charge in [-0.1, -0.05) is 13.8 Å². The fourth-order valence-corrected chi connectivity index (χ4v) is 3.62. The Morgan fingerprint density at radius 1 is 1.55 bits per heavy atom. The van der Waals surface area contributed by atoms with Gasteiger partial charge in [-0.3, -0.25) is 0 Å². The Kier molecular flexibility index (Phi) is 5.66. The highest BCUT2D eigenvalue weighted by Crippen LogP contribution is 2.27. The van der Waals surface area contributed by atoms with Crippen LogP contribution in [0.1, 0.15) is 25.8 Å². The van der Waals surface area contributed by atoms with Gasteiger partial charge in [0, 0.05) is 37.1 Å². The normalized spacial score (nSPS) is 18.8. The third-order valence-corrected chi connectivity index (χ3v) is 4.75. The molecule has 0 aromatic carbocycles. The van der Waals surface area contributed by atoms with Gasteiger partial charge in [-0.2, -0.15) is 11.8 Å². The van der Waals surface area contributed by atoms with Crippen molar-refractivity contribution in [2.75, 3.05) is 30.0 Å². The molecular formula is C15H24FN3S. The van der Waals surface area contributed by atoms with Gasteiger partial charge in [-0.15, -0.1) is 0 Å². The van der Waals surface area contributed by atoms with Gasteiger partial charge in [-0.25, -0.2) is 9.37 Å². The van der Waals surface area contributed by atoms with Gasteiger partial charge in [0.1, 0.15) is 0 Å². The number of halogens is 1. The molecule has 0 amide bonds. The zero-order valence-corrected chi connectivity index (χ0v) is 13.3. The predicted octanol–water partition coefficient (Wildman–Crippen LogP) is 2.91. The predicted molar refractivity (Wildman–Crippen MR) is 84.9 cm³/mol. The number of thioether (sulfide) groups is 1. The smallest absolute Gasteiger partial charge is 0.170 e. The van der Waals surface area contributed by atoms with Crippen molar-refractivity contribution in [3.63, 3.8) is 0 Å². The van der Waals surface area contributed by atoms with Gasteiger partial charge >= 0.3 is 0 Å². The number of rotatable bonds is 6. The molecular weight excluding hydrogens is 273 g/mol. The number of anilines is 1. The first-order valence-corrected chi connectivity index (χ1v) is 8.39. The van der Waals surface area contributed by atoms with Crippen molar-refractivity contribution in [1.29, 1.82) is 0 Å². The Labute approximate surface area is 125 Å². The molecule has 0 aliphatic carbocycles. The summed E-state index contributed by atoms with van der Waals surface area (Å²) in [6.07, 6.45) is 2.82. The second-order valence-corrected chi connectivity index (χ2v) is 6.91. The summed E-state index contributed by atoms with van der Waals surface area (Å²) < 4.78 is 14.5. The van der Waals surface area contributed by atoms with Crippen LogP contribution in [0.3, 0.4) is 0 Å². The molecule has 5 heteroatoms. The molecule has 0 radical (unpaired) electrons. The lowest BCUT2D eigenvalue weighted by molar-refractivity contribution is 0.530. The molecule has 2 heterocycles. The molecule has 1 fully saturated rings. The van der Waals surface area contributed by atoms with Crippen LogP contribution >= 0.6 is 11.8 Å². The van der Waals surface area contributed by atoms with Gasteiger partial charge in [0.2, 0.25) is 0 Å². The highest BCUT2D eigenvalue weighted by Gasteiger charge is 2.24. The van der Waals surface area contributed by atoms with Crippen LogP contribution in [0.15, 0.2) is 12.3 Å². The highest BCUT2D eigenvalue weighted by atomic mass is 32.2. The van der Waals surface area contributed by atoms with Crippen LogP contribution in [0.2, 0.25) is 0 Å². The monoisotopic (exact) mass is 297 g/mol. The van der Waals surface area contributed by atoms with E-state index in [4.69, 9.17) is 0 Å². The molecule has 3 nitrogen and oxygen atoms in total. The van der Waals surface area contributed by atoms with Gasteiger partial charge in [0.05, 0.1) is 0 Å². The van der Waals surface area contributed by atoms with E-state index in [1.807, 2.05) is 23.7 Å². The van der Waals surface area contributed by atoms with E-state index in [0.717, 1.165) is 24.5 Å². The molecule has 0 saturated carbocycles. The van der Waals surface area contributed by atoms with Crippen LogP contribution in [0.5, 0.6) is 0 Å². The molecule has 1 aromatic rings. The zero-order chi connectivity index (χ0) is 14.5. The Balaban J connectivity index is 2.06.